The fourth-order valence-electron chi connectivity index (χ4n) is 1.96. The van der Waals surface area contributed by atoms with E-state index >= 15 is 0 Å². The highest BCUT2D eigenvalue weighted by molar-refractivity contribution is 5.62. The van der Waals surface area contributed by atoms with Gasteiger partial charge in [0.1, 0.15) is 6.07 Å². The Morgan fingerprint density at radius 1 is 1.23 bits per heavy atom. The predicted octanol–water partition coefficient (Wildman–Crippen LogP) is 3.92. The van der Waals surface area contributed by atoms with Gasteiger partial charge < -0.3 is 5.32 Å². The number of rotatable bonds is 4. The van der Waals surface area contributed by atoms with Gasteiger partial charge in [0.2, 0.25) is 0 Å². The minimum Gasteiger partial charge on any atom is -0.377 e. The number of hydrogen-bond donors (Lipinski definition) is 1. The van der Waals surface area contributed by atoms with Crippen LogP contribution in [0.25, 0.3) is 0 Å². The molecule has 0 aromatic heterocycles. The Bertz CT molecular complexity index is 772. The van der Waals surface area contributed by atoms with Crippen molar-refractivity contribution in [3.63, 3.8) is 0 Å². The van der Waals surface area contributed by atoms with E-state index in [-0.39, 0.29) is 11.3 Å². The van der Waals surface area contributed by atoms with Gasteiger partial charge in [-0.25, -0.2) is 8.78 Å². The van der Waals surface area contributed by atoms with Gasteiger partial charge in [-0.2, -0.15) is 5.26 Å². The number of nitrogens with one attached hydrogen (secondary N) is 1. The first-order valence-electron chi connectivity index (χ1n) is 6.32. The Labute approximate surface area is 125 Å². The quantitative estimate of drug-likeness (QED) is 0.686. The maximum absolute atomic E-state index is 13.2. The second-order valence-electron chi connectivity index (χ2n) is 4.64. The van der Waals surface area contributed by atoms with Crippen molar-refractivity contribution in [2.75, 3.05) is 5.32 Å². The van der Waals surface area contributed by atoms with E-state index in [1.807, 2.05) is 6.07 Å². The van der Waals surface area contributed by atoms with E-state index in [9.17, 15) is 18.9 Å². The standard InChI is InChI=1S/C15H11F2N3O2/c1-9(10-2-4-13(16)14(17)7-10)19-15-5-3-12(20(21)22)6-11(15)8-18/h2-7,9,19H,1H3. The lowest BCUT2D eigenvalue weighted by molar-refractivity contribution is -0.384. The van der Waals surface area contributed by atoms with E-state index < -0.39 is 22.6 Å². The highest BCUT2D eigenvalue weighted by atomic mass is 19.2. The Morgan fingerprint density at radius 3 is 2.55 bits per heavy atom. The first-order valence-corrected chi connectivity index (χ1v) is 6.32. The van der Waals surface area contributed by atoms with Crippen molar-refractivity contribution in [3.8, 4) is 6.07 Å². The molecule has 112 valence electrons. The Hall–Kier alpha value is -3.01. The SMILES string of the molecule is CC(Nc1ccc([N+](=O)[O-])cc1C#N)c1ccc(F)c(F)c1. The van der Waals surface area contributed by atoms with E-state index in [1.165, 1.54) is 18.2 Å². The summed E-state index contributed by atoms with van der Waals surface area (Å²) in [7, 11) is 0. The Balaban J connectivity index is 2.28. The van der Waals surface area contributed by atoms with E-state index in [0.29, 0.717) is 11.3 Å². The third kappa shape index (κ3) is 3.17. The summed E-state index contributed by atoms with van der Waals surface area (Å²) >= 11 is 0. The van der Waals surface area contributed by atoms with Crippen LogP contribution in [0.5, 0.6) is 0 Å². The van der Waals surface area contributed by atoms with Crippen molar-refractivity contribution in [2.45, 2.75) is 13.0 Å². The lowest BCUT2D eigenvalue weighted by Crippen LogP contribution is -2.08. The zero-order valence-electron chi connectivity index (χ0n) is 11.5. The summed E-state index contributed by atoms with van der Waals surface area (Å²) in [5.41, 5.74) is 0.776. The zero-order valence-corrected chi connectivity index (χ0v) is 11.5. The van der Waals surface area contributed by atoms with Crippen LogP contribution in [0.4, 0.5) is 20.2 Å². The summed E-state index contributed by atoms with van der Waals surface area (Å²) < 4.78 is 26.2. The van der Waals surface area contributed by atoms with Gasteiger partial charge in [-0.3, -0.25) is 10.1 Å². The van der Waals surface area contributed by atoms with E-state index in [0.717, 1.165) is 18.2 Å². The number of nitro benzene ring substituents is 1. The monoisotopic (exact) mass is 303 g/mol. The summed E-state index contributed by atoms with van der Waals surface area (Å²) in [6.07, 6.45) is 0. The smallest absolute Gasteiger partial charge is 0.270 e. The van der Waals surface area contributed by atoms with Crippen LogP contribution in [0, 0.1) is 33.1 Å². The molecule has 0 saturated heterocycles. The summed E-state index contributed by atoms with van der Waals surface area (Å²) in [6, 6.07) is 8.78. The molecule has 1 N–H and O–H groups in total. The molecule has 7 heteroatoms. The Morgan fingerprint density at radius 2 is 1.95 bits per heavy atom. The summed E-state index contributed by atoms with van der Waals surface area (Å²) in [5.74, 6) is -1.90. The topological polar surface area (TPSA) is 79.0 Å². The van der Waals surface area contributed by atoms with Crippen LogP contribution in [0.1, 0.15) is 24.1 Å². The largest absolute Gasteiger partial charge is 0.377 e. The second kappa shape index (κ2) is 6.18. The molecule has 1 unspecified atom stereocenters. The average molecular weight is 303 g/mol. The van der Waals surface area contributed by atoms with Crippen molar-refractivity contribution < 1.29 is 13.7 Å². The van der Waals surface area contributed by atoms with Crippen LogP contribution in [0.2, 0.25) is 0 Å². The minimum absolute atomic E-state index is 0.101. The van der Waals surface area contributed by atoms with Crippen LogP contribution in [0.3, 0.4) is 0 Å². The lowest BCUT2D eigenvalue weighted by atomic mass is 10.1. The maximum Gasteiger partial charge on any atom is 0.270 e. The fourth-order valence-corrected chi connectivity index (χ4v) is 1.96. The van der Waals surface area contributed by atoms with Crippen LogP contribution >= 0.6 is 0 Å². The number of nitro groups is 1. The van der Waals surface area contributed by atoms with Crippen molar-refractivity contribution in [1.82, 2.24) is 0 Å². The molecule has 1 atom stereocenters. The summed E-state index contributed by atoms with van der Waals surface area (Å²) in [4.78, 5) is 10.1. The molecule has 0 aliphatic carbocycles. The lowest BCUT2D eigenvalue weighted by Gasteiger charge is -2.16. The first kappa shape index (κ1) is 15.4. The van der Waals surface area contributed by atoms with E-state index in [1.54, 1.807) is 6.92 Å². The number of halogens is 2. The number of non-ortho nitro benzene ring substituents is 1. The number of hydrogen-bond acceptors (Lipinski definition) is 4. The molecule has 5 nitrogen and oxygen atoms in total. The zero-order chi connectivity index (χ0) is 16.3. The molecule has 0 heterocycles. The first-order chi connectivity index (χ1) is 10.4. The molecule has 0 spiro atoms. The maximum atomic E-state index is 13.2. The van der Waals surface area contributed by atoms with Gasteiger partial charge in [-0.15, -0.1) is 0 Å². The van der Waals surface area contributed by atoms with Gasteiger partial charge in [-0.05, 0) is 30.7 Å². The van der Waals surface area contributed by atoms with Gasteiger partial charge in [0.05, 0.1) is 16.2 Å². The molecule has 2 aromatic carbocycles. The fraction of sp³-hybridized carbons (Fsp3) is 0.133. The molecule has 0 aliphatic heterocycles. The third-order valence-corrected chi connectivity index (χ3v) is 3.15. The molecule has 0 saturated carbocycles. The normalized spacial score (nSPS) is 11.5. The molecule has 0 radical (unpaired) electrons. The van der Waals surface area contributed by atoms with Crippen molar-refractivity contribution in [2.24, 2.45) is 0 Å². The molecule has 0 amide bonds. The van der Waals surface area contributed by atoms with Crippen molar-refractivity contribution >= 4 is 11.4 Å². The van der Waals surface area contributed by atoms with Gasteiger partial charge in [0, 0.05) is 18.2 Å². The van der Waals surface area contributed by atoms with E-state index in [4.69, 9.17) is 5.26 Å². The number of nitrogens with zero attached hydrogens (tertiary/aromatic N) is 2. The van der Waals surface area contributed by atoms with E-state index in [2.05, 4.69) is 5.32 Å². The minimum atomic E-state index is -0.963. The van der Waals surface area contributed by atoms with Gasteiger partial charge >= 0.3 is 0 Å². The van der Waals surface area contributed by atoms with Crippen LogP contribution < -0.4 is 5.32 Å². The molecule has 0 bridgehead atoms. The molecule has 2 rings (SSSR count). The highest BCUT2D eigenvalue weighted by Crippen LogP contribution is 2.26. The van der Waals surface area contributed by atoms with Crippen LogP contribution in [-0.2, 0) is 0 Å². The number of benzene rings is 2. The second-order valence-corrected chi connectivity index (χ2v) is 4.64. The molecule has 0 aliphatic rings. The highest BCUT2D eigenvalue weighted by Gasteiger charge is 2.14. The molecule has 22 heavy (non-hydrogen) atoms. The third-order valence-electron chi connectivity index (χ3n) is 3.15. The van der Waals surface area contributed by atoms with Gasteiger partial charge in [-0.1, -0.05) is 6.07 Å². The van der Waals surface area contributed by atoms with Crippen molar-refractivity contribution in [1.29, 1.82) is 5.26 Å². The summed E-state index contributed by atoms with van der Waals surface area (Å²) in [5, 5.41) is 22.7. The number of anilines is 1. The molecule has 0 fully saturated rings. The average Bonchev–Trinajstić information content (AvgIpc) is 2.50. The van der Waals surface area contributed by atoms with Crippen molar-refractivity contribution in [3.05, 3.63) is 69.3 Å². The summed E-state index contributed by atoms with van der Waals surface area (Å²) in [6.45, 7) is 1.70. The predicted molar refractivity (Wildman–Crippen MR) is 76.2 cm³/mol. The van der Waals surface area contributed by atoms with Gasteiger partial charge in [0.25, 0.3) is 5.69 Å². The molecule has 2 aromatic rings. The molecular formula is C15H11F2N3O2. The molecular weight excluding hydrogens is 292 g/mol. The van der Waals surface area contributed by atoms with Gasteiger partial charge in [0.15, 0.2) is 11.6 Å². The van der Waals surface area contributed by atoms with Crippen LogP contribution in [0.15, 0.2) is 36.4 Å². The number of nitriles is 1. The Kier molecular flexibility index (Phi) is 4.32. The van der Waals surface area contributed by atoms with Crippen LogP contribution in [-0.4, -0.2) is 4.92 Å².